The van der Waals surface area contributed by atoms with Crippen LogP contribution >= 0.6 is 0 Å². The first kappa shape index (κ1) is 33.8. The largest absolute Gasteiger partial charge is 0.488 e. The number of aromatic nitrogens is 4. The molecule has 11 nitrogen and oxygen atoms in total. The molecule has 0 spiro atoms. The van der Waals surface area contributed by atoms with Gasteiger partial charge in [0.25, 0.3) is 15.9 Å². The van der Waals surface area contributed by atoms with Gasteiger partial charge in [0, 0.05) is 17.2 Å². The molecule has 0 radical (unpaired) electrons. The molecule has 0 fully saturated rings. The van der Waals surface area contributed by atoms with Gasteiger partial charge in [-0.2, -0.15) is 4.98 Å². The number of nitrogens with zero attached hydrogens (tertiary/aromatic N) is 5. The van der Waals surface area contributed by atoms with E-state index in [0.717, 1.165) is 16.7 Å². The van der Waals surface area contributed by atoms with Gasteiger partial charge in [-0.25, -0.2) is 28.1 Å². The van der Waals surface area contributed by atoms with Crippen molar-refractivity contribution < 1.29 is 22.7 Å². The number of carbonyl (C=O) groups is 1. The third-order valence-electron chi connectivity index (χ3n) is 7.74. The van der Waals surface area contributed by atoms with Crippen molar-refractivity contribution in [2.24, 2.45) is 5.92 Å². The molecular formula is C35H42N6O5S. The van der Waals surface area contributed by atoms with Crippen molar-refractivity contribution in [2.75, 3.05) is 11.3 Å². The van der Waals surface area contributed by atoms with Gasteiger partial charge >= 0.3 is 0 Å². The highest BCUT2D eigenvalue weighted by molar-refractivity contribution is 7.92. The minimum absolute atomic E-state index is 0.0404. The molecule has 3 heterocycles. The number of ether oxygens (including phenoxy) is 2. The molecule has 1 amide bonds. The molecule has 248 valence electrons. The zero-order valence-electron chi connectivity index (χ0n) is 27.9. The summed E-state index contributed by atoms with van der Waals surface area (Å²) in [6, 6.07) is 13.3. The predicted octanol–water partition coefficient (Wildman–Crippen LogP) is 6.40. The first-order chi connectivity index (χ1) is 22.3. The fraction of sp³-hybridized carbons (Fsp3) is 0.400. The highest BCUT2D eigenvalue weighted by Crippen LogP contribution is 2.34. The van der Waals surface area contributed by atoms with Gasteiger partial charge < -0.3 is 14.4 Å². The van der Waals surface area contributed by atoms with Gasteiger partial charge in [0.2, 0.25) is 11.8 Å². The minimum Gasteiger partial charge on any atom is -0.488 e. The summed E-state index contributed by atoms with van der Waals surface area (Å²) in [5.74, 6) is 1.00. The standard InChI is InChI=1S/C35H42N6O5S/c1-21(2)14-26-20-45-32-16-30(33-24(7)10-8-13-29(33)22(3)4)38-35(39-32)40-47(43,44)28-12-9-11-25(15-28)34(42)41(26)19-31-36-17-27(18-37-31)46-23(5)6/h8-13,15-18,21-23,26H,14,19-20H2,1-7H3,(H,38,39,40)/t26-/m1/s1. The van der Waals surface area contributed by atoms with Gasteiger partial charge in [-0.1, -0.05) is 52.0 Å². The Bertz CT molecular complexity index is 1840. The number of amides is 1. The Labute approximate surface area is 276 Å². The van der Waals surface area contributed by atoms with E-state index in [4.69, 9.17) is 9.47 Å². The molecule has 12 heteroatoms. The van der Waals surface area contributed by atoms with E-state index in [9.17, 15) is 13.2 Å². The van der Waals surface area contributed by atoms with Crippen molar-refractivity contribution in [3.8, 4) is 22.9 Å². The van der Waals surface area contributed by atoms with Gasteiger partial charge in [0.15, 0.2) is 5.75 Å². The van der Waals surface area contributed by atoms with Gasteiger partial charge in [-0.15, -0.1) is 0 Å². The minimum atomic E-state index is -4.18. The summed E-state index contributed by atoms with van der Waals surface area (Å²) in [6.07, 6.45) is 3.72. The first-order valence-corrected chi connectivity index (χ1v) is 17.3. The molecule has 0 unspecified atom stereocenters. The van der Waals surface area contributed by atoms with Crippen LogP contribution in [0.2, 0.25) is 0 Å². The van der Waals surface area contributed by atoms with E-state index in [-0.39, 0.29) is 59.3 Å². The van der Waals surface area contributed by atoms with Crippen molar-refractivity contribution in [2.45, 2.75) is 84.4 Å². The van der Waals surface area contributed by atoms with Crippen LogP contribution in [-0.4, -0.2) is 57.9 Å². The van der Waals surface area contributed by atoms with Crippen molar-refractivity contribution >= 4 is 21.9 Å². The molecule has 1 N–H and O–H groups in total. The quantitative estimate of drug-likeness (QED) is 0.228. The molecule has 4 bridgehead atoms. The third kappa shape index (κ3) is 8.05. The fourth-order valence-corrected chi connectivity index (χ4v) is 6.61. The molecular weight excluding hydrogens is 616 g/mol. The van der Waals surface area contributed by atoms with E-state index in [1.54, 1.807) is 35.5 Å². The second-order valence-electron chi connectivity index (χ2n) is 12.8. The highest BCUT2D eigenvalue weighted by atomic mass is 32.2. The summed E-state index contributed by atoms with van der Waals surface area (Å²) in [6.45, 7) is 14.3. The maximum absolute atomic E-state index is 14.2. The zero-order chi connectivity index (χ0) is 33.9. The number of carbonyl (C=O) groups excluding carboxylic acids is 1. The second-order valence-corrected chi connectivity index (χ2v) is 14.5. The number of nitrogens with one attached hydrogen (secondary N) is 1. The normalized spacial score (nSPS) is 16.3. The van der Waals surface area contributed by atoms with Crippen LogP contribution in [0.3, 0.4) is 0 Å². The molecule has 1 aliphatic heterocycles. The Morgan fingerprint density at radius 2 is 1.72 bits per heavy atom. The van der Waals surface area contributed by atoms with E-state index in [1.165, 1.54) is 12.1 Å². The monoisotopic (exact) mass is 658 g/mol. The summed E-state index contributed by atoms with van der Waals surface area (Å²) in [5, 5.41) is 0. The highest BCUT2D eigenvalue weighted by Gasteiger charge is 2.30. The maximum Gasteiger partial charge on any atom is 0.264 e. The lowest BCUT2D eigenvalue weighted by molar-refractivity contribution is 0.0545. The molecule has 47 heavy (non-hydrogen) atoms. The maximum atomic E-state index is 14.2. The van der Waals surface area contributed by atoms with Crippen LogP contribution in [-0.2, 0) is 16.6 Å². The molecule has 0 saturated heterocycles. The number of benzene rings is 2. The number of anilines is 1. The number of fused-ring (bicyclic) bond motifs is 4. The van der Waals surface area contributed by atoms with Crippen LogP contribution in [0.25, 0.3) is 11.3 Å². The number of rotatable bonds is 8. The average Bonchev–Trinajstić information content (AvgIpc) is 3.01. The second kappa shape index (κ2) is 14.0. The average molecular weight is 659 g/mol. The Balaban J connectivity index is 1.63. The Morgan fingerprint density at radius 3 is 2.40 bits per heavy atom. The lowest BCUT2D eigenvalue weighted by Crippen LogP contribution is -2.44. The van der Waals surface area contributed by atoms with Crippen LogP contribution in [0.1, 0.15) is 81.2 Å². The van der Waals surface area contributed by atoms with Crippen LogP contribution in [0.4, 0.5) is 5.95 Å². The van der Waals surface area contributed by atoms with E-state index < -0.39 is 16.1 Å². The van der Waals surface area contributed by atoms with E-state index in [1.807, 2.05) is 39.0 Å². The van der Waals surface area contributed by atoms with Crippen molar-refractivity contribution in [3.05, 3.63) is 83.4 Å². The summed E-state index contributed by atoms with van der Waals surface area (Å²) in [5.41, 5.74) is 3.67. The molecule has 5 rings (SSSR count). The molecule has 4 aromatic rings. The van der Waals surface area contributed by atoms with Gasteiger partial charge in [-0.05, 0) is 68.4 Å². The molecule has 0 saturated carbocycles. The SMILES string of the molecule is Cc1cccc(C(C)C)c1-c1cc2nc(n1)NS(=O)(=O)c1cccc(c1)C(=O)N(Cc1ncc(OC(C)C)cn1)[C@H](CC(C)C)CO2. The van der Waals surface area contributed by atoms with Gasteiger partial charge in [0.1, 0.15) is 12.4 Å². The Kier molecular flexibility index (Phi) is 10.1. The van der Waals surface area contributed by atoms with Crippen LogP contribution in [0.5, 0.6) is 11.6 Å². The fourth-order valence-electron chi connectivity index (χ4n) is 5.62. The molecule has 1 aliphatic rings. The summed E-state index contributed by atoms with van der Waals surface area (Å²) in [4.78, 5) is 33.9. The number of hydrogen-bond acceptors (Lipinski definition) is 9. The molecule has 1 atom stereocenters. The van der Waals surface area contributed by atoms with E-state index >= 15 is 0 Å². The number of aryl methyl sites for hydroxylation is 1. The van der Waals surface area contributed by atoms with Gasteiger partial charge in [0.05, 0.1) is 41.7 Å². The zero-order valence-corrected chi connectivity index (χ0v) is 28.7. The van der Waals surface area contributed by atoms with Crippen LogP contribution < -0.4 is 14.2 Å². The summed E-state index contributed by atoms with van der Waals surface area (Å²) >= 11 is 0. The van der Waals surface area contributed by atoms with Crippen molar-refractivity contribution in [1.82, 2.24) is 24.8 Å². The number of hydrogen-bond donors (Lipinski definition) is 1. The first-order valence-electron chi connectivity index (χ1n) is 15.8. The molecule has 2 aromatic heterocycles. The smallest absolute Gasteiger partial charge is 0.264 e. The van der Waals surface area contributed by atoms with Crippen LogP contribution in [0.15, 0.2) is 65.8 Å². The van der Waals surface area contributed by atoms with Crippen LogP contribution in [0, 0.1) is 12.8 Å². The van der Waals surface area contributed by atoms with Crippen molar-refractivity contribution in [3.63, 3.8) is 0 Å². The van der Waals surface area contributed by atoms with Crippen molar-refractivity contribution in [1.29, 1.82) is 0 Å². The lowest BCUT2D eigenvalue weighted by atomic mass is 9.92. The Morgan fingerprint density at radius 1 is 1.00 bits per heavy atom. The van der Waals surface area contributed by atoms with Gasteiger partial charge in [-0.3, -0.25) is 4.79 Å². The predicted molar refractivity (Wildman–Crippen MR) is 180 cm³/mol. The number of sulfonamides is 1. The molecule has 0 aliphatic carbocycles. The third-order valence-corrected chi connectivity index (χ3v) is 9.06. The topological polar surface area (TPSA) is 136 Å². The molecule has 2 aromatic carbocycles. The van der Waals surface area contributed by atoms with E-state index in [0.29, 0.717) is 23.7 Å². The summed E-state index contributed by atoms with van der Waals surface area (Å²) in [7, 11) is -4.18. The van der Waals surface area contributed by atoms with E-state index in [2.05, 4.69) is 52.4 Å². The Hall–Kier alpha value is -4.58. The lowest BCUT2D eigenvalue weighted by Gasteiger charge is -2.32. The summed E-state index contributed by atoms with van der Waals surface area (Å²) < 4.78 is 41.9.